The molecular formula is C18H20F3N3O4. The minimum atomic E-state index is -5.04. The number of nitrogens with one attached hydrogen (secondary N) is 1. The molecule has 1 aromatic rings. The smallest absolute Gasteiger partial charge is 0.471 e. The number of amides is 3. The molecule has 2 heterocycles. The lowest BCUT2D eigenvalue weighted by atomic mass is 10.0. The fourth-order valence-corrected chi connectivity index (χ4v) is 3.64. The van der Waals surface area contributed by atoms with E-state index in [0.717, 1.165) is 0 Å². The SMILES string of the molecule is COc1ccc(C2C(=O)NCCN2C(=O)C2CCCN2C(=O)C(F)(F)F)cc1. The highest BCUT2D eigenvalue weighted by Gasteiger charge is 2.49. The molecule has 0 radical (unpaired) electrons. The molecule has 0 aromatic heterocycles. The molecular weight excluding hydrogens is 379 g/mol. The van der Waals surface area contributed by atoms with Gasteiger partial charge in [0.25, 0.3) is 0 Å². The number of hydrogen-bond donors (Lipinski definition) is 1. The third-order valence-electron chi connectivity index (χ3n) is 4.97. The van der Waals surface area contributed by atoms with Gasteiger partial charge in [-0.05, 0) is 30.5 Å². The zero-order chi connectivity index (χ0) is 20.5. The maximum absolute atomic E-state index is 13.1. The van der Waals surface area contributed by atoms with Crippen molar-refractivity contribution in [1.82, 2.24) is 15.1 Å². The van der Waals surface area contributed by atoms with Gasteiger partial charge in [0.05, 0.1) is 7.11 Å². The van der Waals surface area contributed by atoms with Gasteiger partial charge in [0.15, 0.2) is 0 Å². The Labute approximate surface area is 159 Å². The molecule has 2 fully saturated rings. The van der Waals surface area contributed by atoms with E-state index in [4.69, 9.17) is 4.74 Å². The van der Waals surface area contributed by atoms with Crippen molar-refractivity contribution in [2.45, 2.75) is 31.1 Å². The number of alkyl halides is 3. The highest BCUT2D eigenvalue weighted by Crippen LogP contribution is 2.31. The molecule has 1 aromatic carbocycles. The summed E-state index contributed by atoms with van der Waals surface area (Å²) in [6.45, 7) is 0.199. The number of benzene rings is 1. The Hall–Kier alpha value is -2.78. The van der Waals surface area contributed by atoms with E-state index in [2.05, 4.69) is 5.32 Å². The summed E-state index contributed by atoms with van der Waals surface area (Å²) >= 11 is 0. The van der Waals surface area contributed by atoms with Gasteiger partial charge in [0.1, 0.15) is 17.8 Å². The van der Waals surface area contributed by atoms with Crippen molar-refractivity contribution in [2.24, 2.45) is 0 Å². The summed E-state index contributed by atoms with van der Waals surface area (Å²) in [7, 11) is 1.49. The zero-order valence-corrected chi connectivity index (χ0v) is 15.2. The van der Waals surface area contributed by atoms with Gasteiger partial charge in [-0.3, -0.25) is 14.4 Å². The first-order valence-electron chi connectivity index (χ1n) is 8.84. The number of carbonyl (C=O) groups is 3. The van der Waals surface area contributed by atoms with Crippen LogP contribution in [0.25, 0.3) is 0 Å². The van der Waals surface area contributed by atoms with Crippen LogP contribution in [0.5, 0.6) is 5.75 Å². The predicted molar refractivity (Wildman–Crippen MR) is 91.2 cm³/mol. The molecule has 0 saturated carbocycles. The Kier molecular flexibility index (Phi) is 5.48. The summed E-state index contributed by atoms with van der Waals surface area (Å²) in [5.74, 6) is -2.52. The molecule has 1 N–H and O–H groups in total. The van der Waals surface area contributed by atoms with E-state index >= 15 is 0 Å². The second kappa shape index (κ2) is 7.69. The van der Waals surface area contributed by atoms with Crippen LogP contribution in [0.15, 0.2) is 24.3 Å². The average Bonchev–Trinajstić information content (AvgIpc) is 3.15. The zero-order valence-electron chi connectivity index (χ0n) is 15.2. The molecule has 2 saturated heterocycles. The number of likely N-dealkylation sites (tertiary alicyclic amines) is 1. The summed E-state index contributed by atoms with van der Waals surface area (Å²) in [6, 6.07) is 4.32. The molecule has 152 valence electrons. The Balaban J connectivity index is 1.87. The molecule has 10 heteroatoms. The Morgan fingerprint density at radius 2 is 1.82 bits per heavy atom. The van der Waals surface area contributed by atoms with Gasteiger partial charge >= 0.3 is 12.1 Å². The van der Waals surface area contributed by atoms with Crippen LogP contribution >= 0.6 is 0 Å². The topological polar surface area (TPSA) is 79.0 Å². The minimum absolute atomic E-state index is 0.133. The first kappa shape index (κ1) is 20.0. The number of methoxy groups -OCH3 is 1. The Bertz CT molecular complexity index is 766. The number of ether oxygens (including phenoxy) is 1. The monoisotopic (exact) mass is 399 g/mol. The van der Waals surface area contributed by atoms with Crippen molar-refractivity contribution < 1.29 is 32.3 Å². The Morgan fingerprint density at radius 3 is 2.43 bits per heavy atom. The fourth-order valence-electron chi connectivity index (χ4n) is 3.64. The third kappa shape index (κ3) is 3.76. The number of carbonyl (C=O) groups excluding carboxylic acids is 3. The first-order valence-corrected chi connectivity index (χ1v) is 8.84. The van der Waals surface area contributed by atoms with Crippen LogP contribution < -0.4 is 10.1 Å². The van der Waals surface area contributed by atoms with Crippen molar-refractivity contribution in [3.63, 3.8) is 0 Å². The van der Waals surface area contributed by atoms with Crippen LogP contribution in [0.2, 0.25) is 0 Å². The quantitative estimate of drug-likeness (QED) is 0.830. The van der Waals surface area contributed by atoms with Gasteiger partial charge in [0, 0.05) is 19.6 Å². The van der Waals surface area contributed by atoms with E-state index in [-0.39, 0.29) is 26.1 Å². The van der Waals surface area contributed by atoms with E-state index < -0.39 is 36.0 Å². The maximum atomic E-state index is 13.1. The van der Waals surface area contributed by atoms with E-state index in [9.17, 15) is 27.6 Å². The number of hydrogen-bond acceptors (Lipinski definition) is 4. The van der Waals surface area contributed by atoms with Crippen molar-refractivity contribution in [3.05, 3.63) is 29.8 Å². The molecule has 7 nitrogen and oxygen atoms in total. The van der Waals surface area contributed by atoms with E-state index in [0.29, 0.717) is 22.6 Å². The lowest BCUT2D eigenvalue weighted by Gasteiger charge is -2.38. The van der Waals surface area contributed by atoms with Crippen LogP contribution in [-0.4, -0.2) is 66.5 Å². The molecule has 2 aliphatic rings. The van der Waals surface area contributed by atoms with Gasteiger partial charge in [-0.25, -0.2) is 0 Å². The molecule has 3 rings (SSSR count). The van der Waals surface area contributed by atoms with Gasteiger partial charge < -0.3 is 19.9 Å². The van der Waals surface area contributed by atoms with Gasteiger partial charge in [-0.2, -0.15) is 13.2 Å². The van der Waals surface area contributed by atoms with Gasteiger partial charge in [-0.15, -0.1) is 0 Å². The van der Waals surface area contributed by atoms with E-state index in [1.54, 1.807) is 24.3 Å². The highest BCUT2D eigenvalue weighted by atomic mass is 19.4. The molecule has 3 amide bonds. The standard InChI is InChI=1S/C18H20F3N3O4/c1-28-12-6-4-11(5-7-12)14-15(25)22-8-10-24(14)16(26)13-3-2-9-23(13)17(27)18(19,20)21/h4-7,13-14H,2-3,8-10H2,1H3,(H,22,25). The summed E-state index contributed by atoms with van der Waals surface area (Å²) in [5, 5.41) is 2.67. The summed E-state index contributed by atoms with van der Waals surface area (Å²) in [4.78, 5) is 39.0. The number of piperazine rings is 1. The maximum Gasteiger partial charge on any atom is 0.471 e. The number of nitrogens with zero attached hydrogens (tertiary/aromatic N) is 2. The summed E-state index contributed by atoms with van der Waals surface area (Å²) < 4.78 is 43.7. The minimum Gasteiger partial charge on any atom is -0.497 e. The lowest BCUT2D eigenvalue weighted by molar-refractivity contribution is -0.187. The van der Waals surface area contributed by atoms with Gasteiger partial charge in [-0.1, -0.05) is 12.1 Å². The molecule has 2 atom stereocenters. The molecule has 2 unspecified atom stereocenters. The highest BCUT2D eigenvalue weighted by molar-refractivity contribution is 5.94. The number of halogens is 3. The lowest BCUT2D eigenvalue weighted by Crippen LogP contribution is -2.57. The largest absolute Gasteiger partial charge is 0.497 e. The van der Waals surface area contributed by atoms with Crippen molar-refractivity contribution in [1.29, 1.82) is 0 Å². The second-order valence-electron chi connectivity index (χ2n) is 6.65. The van der Waals surface area contributed by atoms with E-state index in [1.807, 2.05) is 0 Å². The van der Waals surface area contributed by atoms with Gasteiger partial charge in [0.2, 0.25) is 11.8 Å². The second-order valence-corrected chi connectivity index (χ2v) is 6.65. The third-order valence-corrected chi connectivity index (χ3v) is 4.97. The van der Waals surface area contributed by atoms with Crippen LogP contribution in [-0.2, 0) is 14.4 Å². The molecule has 28 heavy (non-hydrogen) atoms. The number of rotatable bonds is 3. The molecule has 0 bridgehead atoms. The van der Waals surface area contributed by atoms with E-state index in [1.165, 1.54) is 12.0 Å². The van der Waals surface area contributed by atoms with Crippen LogP contribution in [0.1, 0.15) is 24.4 Å². The van der Waals surface area contributed by atoms with Crippen LogP contribution in [0.3, 0.4) is 0 Å². The predicted octanol–water partition coefficient (Wildman–Crippen LogP) is 1.25. The normalized spacial score (nSPS) is 22.8. The van der Waals surface area contributed by atoms with Crippen molar-refractivity contribution in [3.8, 4) is 5.75 Å². The molecule has 0 spiro atoms. The molecule has 2 aliphatic heterocycles. The van der Waals surface area contributed by atoms with Crippen molar-refractivity contribution in [2.75, 3.05) is 26.7 Å². The molecule has 0 aliphatic carbocycles. The van der Waals surface area contributed by atoms with Crippen LogP contribution in [0, 0.1) is 0 Å². The van der Waals surface area contributed by atoms with Crippen molar-refractivity contribution >= 4 is 17.7 Å². The summed E-state index contributed by atoms with van der Waals surface area (Å²) in [5.41, 5.74) is 0.512. The average molecular weight is 399 g/mol. The fraction of sp³-hybridized carbons (Fsp3) is 0.500. The Morgan fingerprint density at radius 1 is 1.14 bits per heavy atom. The van der Waals surface area contributed by atoms with Crippen LogP contribution in [0.4, 0.5) is 13.2 Å². The first-order chi connectivity index (χ1) is 13.2. The summed E-state index contributed by atoms with van der Waals surface area (Å²) in [6.07, 6.45) is -4.61.